The number of carboxylic acid groups (broad SMARTS) is 1. The number of anilines is 1. The molecule has 0 bridgehead atoms. The van der Waals surface area contributed by atoms with Gasteiger partial charge >= 0.3 is 12.0 Å². The number of hydrogen-bond donors (Lipinski definition) is 2. The SMILES string of the molecule is CCOc1ccnc(N2CCCN(C(=O)NCc3ccc(C(=O)O)cc3)CC2)n1. The molecule has 0 spiro atoms. The molecule has 1 aliphatic rings. The van der Waals surface area contributed by atoms with Gasteiger partial charge in [0.25, 0.3) is 0 Å². The number of rotatable bonds is 6. The van der Waals surface area contributed by atoms with Gasteiger partial charge in [0.15, 0.2) is 0 Å². The summed E-state index contributed by atoms with van der Waals surface area (Å²) in [4.78, 5) is 36.0. The zero-order valence-corrected chi connectivity index (χ0v) is 16.4. The van der Waals surface area contributed by atoms with E-state index in [4.69, 9.17) is 9.84 Å². The molecule has 0 radical (unpaired) electrons. The summed E-state index contributed by atoms with van der Waals surface area (Å²) in [7, 11) is 0. The van der Waals surface area contributed by atoms with Crippen LogP contribution in [0.15, 0.2) is 36.5 Å². The smallest absolute Gasteiger partial charge is 0.335 e. The van der Waals surface area contributed by atoms with Crippen LogP contribution >= 0.6 is 0 Å². The van der Waals surface area contributed by atoms with Crippen LogP contribution in [0.1, 0.15) is 29.3 Å². The molecule has 29 heavy (non-hydrogen) atoms. The molecule has 1 aromatic heterocycles. The van der Waals surface area contributed by atoms with Crippen LogP contribution in [0, 0.1) is 0 Å². The second-order valence-corrected chi connectivity index (χ2v) is 6.62. The second-order valence-electron chi connectivity index (χ2n) is 6.62. The number of urea groups is 1. The van der Waals surface area contributed by atoms with Gasteiger partial charge in [0.2, 0.25) is 11.8 Å². The van der Waals surface area contributed by atoms with Gasteiger partial charge in [0.05, 0.1) is 12.2 Å². The lowest BCUT2D eigenvalue weighted by Gasteiger charge is -2.22. The number of nitrogens with one attached hydrogen (secondary N) is 1. The van der Waals surface area contributed by atoms with Crippen molar-refractivity contribution < 1.29 is 19.4 Å². The fourth-order valence-electron chi connectivity index (χ4n) is 3.09. The van der Waals surface area contributed by atoms with Gasteiger partial charge in [0, 0.05) is 45.0 Å². The Bertz CT molecular complexity index is 843. The number of aromatic nitrogens is 2. The minimum absolute atomic E-state index is 0.141. The number of carbonyl (C=O) groups excluding carboxylic acids is 1. The zero-order chi connectivity index (χ0) is 20.6. The van der Waals surface area contributed by atoms with Gasteiger partial charge in [-0.25, -0.2) is 14.6 Å². The maximum atomic E-state index is 12.5. The van der Waals surface area contributed by atoms with E-state index < -0.39 is 5.97 Å². The van der Waals surface area contributed by atoms with Crippen molar-refractivity contribution in [3.05, 3.63) is 47.7 Å². The molecule has 3 rings (SSSR count). The molecular weight excluding hydrogens is 374 g/mol. The van der Waals surface area contributed by atoms with Crippen LogP contribution in [0.3, 0.4) is 0 Å². The molecule has 1 fully saturated rings. The lowest BCUT2D eigenvalue weighted by Crippen LogP contribution is -2.41. The lowest BCUT2D eigenvalue weighted by atomic mass is 10.1. The van der Waals surface area contributed by atoms with E-state index in [-0.39, 0.29) is 11.6 Å². The molecular formula is C20H25N5O4. The first-order valence-corrected chi connectivity index (χ1v) is 9.62. The van der Waals surface area contributed by atoms with Crippen molar-refractivity contribution in [1.82, 2.24) is 20.2 Å². The van der Waals surface area contributed by atoms with E-state index >= 15 is 0 Å². The molecule has 2 aromatic rings. The third kappa shape index (κ3) is 5.56. The highest BCUT2D eigenvalue weighted by Gasteiger charge is 2.20. The molecule has 9 nitrogen and oxygen atoms in total. The molecule has 0 aliphatic carbocycles. The van der Waals surface area contributed by atoms with Crippen LogP contribution in [-0.2, 0) is 6.54 Å². The lowest BCUT2D eigenvalue weighted by molar-refractivity contribution is 0.0697. The quantitative estimate of drug-likeness (QED) is 0.765. The largest absolute Gasteiger partial charge is 0.478 e. The van der Waals surface area contributed by atoms with Gasteiger partial charge < -0.3 is 25.0 Å². The van der Waals surface area contributed by atoms with Crippen molar-refractivity contribution in [3.8, 4) is 5.88 Å². The number of amides is 2. The summed E-state index contributed by atoms with van der Waals surface area (Å²) >= 11 is 0. The standard InChI is InChI=1S/C20H25N5O4/c1-2-29-17-8-9-21-19(23-17)24-10-3-11-25(13-12-24)20(28)22-14-15-4-6-16(7-5-15)18(26)27/h4-9H,2-3,10-14H2,1H3,(H,22,28)(H,26,27). The molecule has 9 heteroatoms. The summed E-state index contributed by atoms with van der Waals surface area (Å²) in [6, 6.07) is 8.06. The summed E-state index contributed by atoms with van der Waals surface area (Å²) in [5, 5.41) is 11.8. The Kier molecular flexibility index (Phi) is 6.83. The number of aromatic carboxylic acids is 1. The van der Waals surface area contributed by atoms with Crippen LogP contribution in [0.5, 0.6) is 5.88 Å². The molecule has 0 saturated carbocycles. The van der Waals surface area contributed by atoms with Crippen LogP contribution in [-0.4, -0.2) is 64.8 Å². The first-order chi connectivity index (χ1) is 14.1. The van der Waals surface area contributed by atoms with Gasteiger partial charge in [-0.05, 0) is 31.0 Å². The highest BCUT2D eigenvalue weighted by molar-refractivity contribution is 5.87. The van der Waals surface area contributed by atoms with E-state index in [9.17, 15) is 9.59 Å². The fourth-order valence-corrected chi connectivity index (χ4v) is 3.09. The second kappa shape index (κ2) is 9.72. The predicted octanol–water partition coefficient (Wildman–Crippen LogP) is 2.00. The fraction of sp³-hybridized carbons (Fsp3) is 0.400. The van der Waals surface area contributed by atoms with Crippen LogP contribution in [0.25, 0.3) is 0 Å². The number of carboxylic acids is 1. The van der Waals surface area contributed by atoms with Gasteiger partial charge in [-0.15, -0.1) is 0 Å². The Morgan fingerprint density at radius 1 is 1.14 bits per heavy atom. The molecule has 2 N–H and O–H groups in total. The normalized spacial score (nSPS) is 14.2. The van der Waals surface area contributed by atoms with E-state index in [0.29, 0.717) is 44.6 Å². The molecule has 0 atom stereocenters. The van der Waals surface area contributed by atoms with E-state index in [1.165, 1.54) is 12.1 Å². The van der Waals surface area contributed by atoms with Crippen molar-refractivity contribution in [2.45, 2.75) is 19.9 Å². The Labute approximate surface area is 169 Å². The first kappa shape index (κ1) is 20.4. The van der Waals surface area contributed by atoms with Crippen molar-refractivity contribution in [1.29, 1.82) is 0 Å². The molecule has 154 valence electrons. The monoisotopic (exact) mass is 399 g/mol. The number of hydrogen-bond acceptors (Lipinski definition) is 6. The molecule has 0 unspecified atom stereocenters. The Hall–Kier alpha value is -3.36. The van der Waals surface area contributed by atoms with Gasteiger partial charge in [0.1, 0.15) is 0 Å². The van der Waals surface area contributed by atoms with E-state index in [0.717, 1.165) is 18.5 Å². The Morgan fingerprint density at radius 3 is 2.66 bits per heavy atom. The number of carbonyl (C=O) groups is 2. The molecule has 2 amide bonds. The zero-order valence-electron chi connectivity index (χ0n) is 16.4. The van der Waals surface area contributed by atoms with Crippen molar-refractivity contribution in [2.75, 3.05) is 37.7 Å². The van der Waals surface area contributed by atoms with E-state index in [1.807, 2.05) is 6.92 Å². The Balaban J connectivity index is 1.52. The topological polar surface area (TPSA) is 108 Å². The van der Waals surface area contributed by atoms with Crippen LogP contribution in [0.2, 0.25) is 0 Å². The molecule has 2 heterocycles. The van der Waals surface area contributed by atoms with Crippen molar-refractivity contribution >= 4 is 17.9 Å². The minimum atomic E-state index is -0.967. The minimum Gasteiger partial charge on any atom is -0.478 e. The highest BCUT2D eigenvalue weighted by Crippen LogP contribution is 2.15. The molecule has 1 aliphatic heterocycles. The number of benzene rings is 1. The average Bonchev–Trinajstić information content (AvgIpc) is 2.99. The number of nitrogens with zero attached hydrogens (tertiary/aromatic N) is 4. The Morgan fingerprint density at radius 2 is 1.93 bits per heavy atom. The van der Waals surface area contributed by atoms with E-state index in [2.05, 4.69) is 20.2 Å². The third-order valence-electron chi connectivity index (χ3n) is 4.62. The van der Waals surface area contributed by atoms with Crippen LogP contribution in [0.4, 0.5) is 10.7 Å². The van der Waals surface area contributed by atoms with E-state index in [1.54, 1.807) is 29.3 Å². The summed E-state index contributed by atoms with van der Waals surface area (Å²) in [5.41, 5.74) is 1.07. The van der Waals surface area contributed by atoms with Crippen LogP contribution < -0.4 is 15.0 Å². The van der Waals surface area contributed by atoms with Crippen molar-refractivity contribution in [3.63, 3.8) is 0 Å². The van der Waals surface area contributed by atoms with Gasteiger partial charge in [-0.3, -0.25) is 0 Å². The van der Waals surface area contributed by atoms with Gasteiger partial charge in [-0.2, -0.15) is 4.98 Å². The maximum absolute atomic E-state index is 12.5. The third-order valence-corrected chi connectivity index (χ3v) is 4.62. The summed E-state index contributed by atoms with van der Waals surface area (Å²) in [6.45, 7) is 5.40. The predicted molar refractivity (Wildman–Crippen MR) is 107 cm³/mol. The summed E-state index contributed by atoms with van der Waals surface area (Å²) in [5.74, 6) is 0.187. The maximum Gasteiger partial charge on any atom is 0.335 e. The highest BCUT2D eigenvalue weighted by atomic mass is 16.5. The van der Waals surface area contributed by atoms with Gasteiger partial charge in [-0.1, -0.05) is 12.1 Å². The summed E-state index contributed by atoms with van der Waals surface area (Å²) in [6.07, 6.45) is 2.49. The van der Waals surface area contributed by atoms with Crippen molar-refractivity contribution in [2.24, 2.45) is 0 Å². The average molecular weight is 399 g/mol. The summed E-state index contributed by atoms with van der Waals surface area (Å²) < 4.78 is 5.44. The molecule has 1 saturated heterocycles. The number of ether oxygens (including phenoxy) is 1. The molecule has 1 aromatic carbocycles. The first-order valence-electron chi connectivity index (χ1n) is 9.62.